The van der Waals surface area contributed by atoms with Crippen LogP contribution in [0.2, 0.25) is 0 Å². The number of nitrogens with zero attached hydrogens (tertiary/aromatic N) is 5. The maximum atomic E-state index is 13.5. The van der Waals surface area contributed by atoms with Crippen LogP contribution < -0.4 is 14.8 Å². The lowest BCUT2D eigenvalue weighted by Crippen LogP contribution is -2.20. The summed E-state index contributed by atoms with van der Waals surface area (Å²) in [7, 11) is -2.29. The number of methoxy groups -OCH3 is 1. The molecule has 5 rings (SSSR count). The third-order valence-corrected chi connectivity index (χ3v) is 7.93. The molecule has 2 heterocycles. The van der Waals surface area contributed by atoms with Crippen molar-refractivity contribution in [3.63, 3.8) is 0 Å². The van der Waals surface area contributed by atoms with E-state index in [2.05, 4.69) is 25.3 Å². The Morgan fingerprint density at radius 3 is 2.40 bits per heavy atom. The second-order valence-electron chi connectivity index (χ2n) is 12.2. The minimum Gasteiger partial charge on any atom is -0.492 e. The Balaban J connectivity index is 1.48. The van der Waals surface area contributed by atoms with Gasteiger partial charge in [-0.2, -0.15) is 13.2 Å². The molecule has 0 saturated heterocycles. The summed E-state index contributed by atoms with van der Waals surface area (Å²) in [5, 5.41) is 11.1. The molecule has 1 saturated carbocycles. The zero-order chi connectivity index (χ0) is 32.9. The molecule has 1 aliphatic rings. The summed E-state index contributed by atoms with van der Waals surface area (Å²) in [4.78, 5) is 17.8. The quantitative estimate of drug-likeness (QED) is 0.235. The number of benzene rings is 2. The minimum absolute atomic E-state index is 0.00506. The van der Waals surface area contributed by atoms with Crippen molar-refractivity contribution >= 4 is 27.3 Å². The molecule has 2 aromatic heterocycles. The Kier molecular flexibility index (Phi) is 8.19. The number of nitrogens with one attached hydrogen (secondary N) is 2. The van der Waals surface area contributed by atoms with Crippen LogP contribution >= 0.6 is 0 Å². The van der Waals surface area contributed by atoms with E-state index in [1.807, 2.05) is 20.8 Å². The van der Waals surface area contributed by atoms with Gasteiger partial charge in [-0.15, -0.1) is 5.10 Å². The molecule has 1 aliphatic carbocycles. The molecule has 0 spiro atoms. The fourth-order valence-electron chi connectivity index (χ4n) is 4.95. The van der Waals surface area contributed by atoms with E-state index in [-0.39, 0.29) is 40.0 Å². The number of imidazole rings is 1. The number of ether oxygens (including phenoxy) is 1. The van der Waals surface area contributed by atoms with E-state index >= 15 is 0 Å². The van der Waals surface area contributed by atoms with E-state index in [1.165, 1.54) is 24.2 Å². The number of alkyl halides is 3. The van der Waals surface area contributed by atoms with Crippen molar-refractivity contribution < 1.29 is 31.1 Å². The summed E-state index contributed by atoms with van der Waals surface area (Å²) < 4.78 is 75.0. The van der Waals surface area contributed by atoms with Gasteiger partial charge in [0, 0.05) is 11.5 Å². The molecule has 0 bridgehead atoms. The molecule has 0 radical (unpaired) electrons. The SMILES string of the molecule is COc1c(NC(=O)c2ccc(C)c(-n3cc(-c4cnc(C5CC5)n4CC(F)(F)F)nn3)c2)cc(C(C)(C)C)cc1NS(C)(=O)=O. The molecule has 0 unspecified atom stereocenters. The van der Waals surface area contributed by atoms with E-state index in [9.17, 15) is 26.4 Å². The van der Waals surface area contributed by atoms with Crippen molar-refractivity contribution in [3.8, 4) is 22.8 Å². The topological polar surface area (TPSA) is 133 Å². The molecule has 2 N–H and O–H groups in total. The van der Waals surface area contributed by atoms with Gasteiger partial charge >= 0.3 is 6.18 Å². The normalized spacial score (nSPS) is 14.0. The Morgan fingerprint density at radius 2 is 1.80 bits per heavy atom. The molecule has 1 amide bonds. The Bertz CT molecular complexity index is 1870. The zero-order valence-electron chi connectivity index (χ0n) is 25.7. The van der Waals surface area contributed by atoms with Crippen LogP contribution in [0.1, 0.15) is 66.8 Å². The highest BCUT2D eigenvalue weighted by Gasteiger charge is 2.36. The predicted octanol–water partition coefficient (Wildman–Crippen LogP) is 5.81. The highest BCUT2D eigenvalue weighted by Crippen LogP contribution is 2.42. The summed E-state index contributed by atoms with van der Waals surface area (Å²) in [6, 6.07) is 8.30. The molecule has 0 atom stereocenters. The number of amides is 1. The number of anilines is 2. The Morgan fingerprint density at radius 1 is 1.11 bits per heavy atom. The average Bonchev–Trinajstić information content (AvgIpc) is 3.50. The van der Waals surface area contributed by atoms with Crippen LogP contribution in [0.4, 0.5) is 24.5 Å². The number of halogens is 3. The van der Waals surface area contributed by atoms with Gasteiger partial charge in [-0.1, -0.05) is 32.1 Å². The van der Waals surface area contributed by atoms with E-state index < -0.39 is 34.1 Å². The van der Waals surface area contributed by atoms with Crippen LogP contribution in [-0.4, -0.2) is 58.4 Å². The van der Waals surface area contributed by atoms with E-state index in [1.54, 1.807) is 37.3 Å². The van der Waals surface area contributed by atoms with Crippen molar-refractivity contribution in [2.45, 2.75) is 64.6 Å². The number of carbonyl (C=O) groups is 1. The molecule has 15 heteroatoms. The van der Waals surface area contributed by atoms with Gasteiger partial charge in [0.1, 0.15) is 18.1 Å². The first-order valence-electron chi connectivity index (χ1n) is 14.1. The number of aryl methyl sites for hydroxylation is 1. The number of rotatable bonds is 9. The van der Waals surface area contributed by atoms with E-state index in [0.29, 0.717) is 11.5 Å². The van der Waals surface area contributed by atoms with Crippen LogP contribution in [0.5, 0.6) is 5.75 Å². The summed E-state index contributed by atoms with van der Waals surface area (Å²) in [6.45, 7) is 6.47. The molecule has 45 heavy (non-hydrogen) atoms. The Hall–Kier alpha value is -4.40. The fourth-order valence-corrected chi connectivity index (χ4v) is 5.50. The van der Waals surface area contributed by atoms with Crippen molar-refractivity contribution in [1.29, 1.82) is 0 Å². The fraction of sp³-hybridized carbons (Fsp3) is 0.400. The smallest absolute Gasteiger partial charge is 0.406 e. The maximum absolute atomic E-state index is 13.5. The lowest BCUT2D eigenvalue weighted by Gasteiger charge is -2.24. The van der Waals surface area contributed by atoms with Gasteiger partial charge < -0.3 is 14.6 Å². The van der Waals surface area contributed by atoms with Crippen molar-refractivity contribution in [1.82, 2.24) is 24.5 Å². The summed E-state index contributed by atoms with van der Waals surface area (Å²) in [6.07, 6.45) is 1.05. The third kappa shape index (κ3) is 7.30. The summed E-state index contributed by atoms with van der Waals surface area (Å²) >= 11 is 0. The van der Waals surface area contributed by atoms with Gasteiger partial charge in [-0.05, 0) is 60.6 Å². The highest BCUT2D eigenvalue weighted by atomic mass is 32.2. The monoisotopic (exact) mass is 645 g/mol. The van der Waals surface area contributed by atoms with Crippen LogP contribution in [-0.2, 0) is 22.0 Å². The van der Waals surface area contributed by atoms with Crippen LogP contribution in [0, 0.1) is 6.92 Å². The molecular formula is C30H34F3N7O4S. The standard InChI is InChI=1S/C30H34F3N7O4S/c1-17-7-8-19(28(41)35-21-12-20(29(2,3)4)13-22(26(21)44-5)37-45(6,42)43)11-24(17)40-15-23(36-38-40)25-14-34-27(18-9-10-18)39(25)16-30(31,32)33/h7-8,11-15,18,37H,9-10,16H2,1-6H3,(H,35,41). The third-order valence-electron chi connectivity index (χ3n) is 7.34. The molecular weight excluding hydrogens is 611 g/mol. The summed E-state index contributed by atoms with van der Waals surface area (Å²) in [5.41, 5.74) is 2.67. The van der Waals surface area contributed by atoms with Crippen molar-refractivity contribution in [3.05, 3.63) is 65.2 Å². The van der Waals surface area contributed by atoms with E-state index in [0.717, 1.165) is 34.8 Å². The van der Waals surface area contributed by atoms with Crippen LogP contribution in [0.15, 0.2) is 42.7 Å². The van der Waals surface area contributed by atoms with Gasteiger partial charge in [-0.3, -0.25) is 9.52 Å². The van der Waals surface area contributed by atoms with Crippen molar-refractivity contribution in [2.24, 2.45) is 0 Å². The lowest BCUT2D eigenvalue weighted by molar-refractivity contribution is -0.140. The van der Waals surface area contributed by atoms with Gasteiger partial charge in [0.05, 0.1) is 48.5 Å². The molecule has 1 fully saturated rings. The second kappa shape index (κ2) is 11.5. The van der Waals surface area contributed by atoms with Crippen LogP contribution in [0.3, 0.4) is 0 Å². The zero-order valence-corrected chi connectivity index (χ0v) is 26.5. The number of aromatic nitrogens is 5. The number of hydrogen-bond acceptors (Lipinski definition) is 7. The molecule has 11 nitrogen and oxygen atoms in total. The molecule has 0 aliphatic heterocycles. The van der Waals surface area contributed by atoms with E-state index in [4.69, 9.17) is 4.74 Å². The maximum Gasteiger partial charge on any atom is 0.406 e. The molecule has 240 valence electrons. The van der Waals surface area contributed by atoms with Gasteiger partial charge in [0.25, 0.3) is 5.91 Å². The first-order valence-corrected chi connectivity index (χ1v) is 16.0. The van der Waals surface area contributed by atoms with Gasteiger partial charge in [-0.25, -0.2) is 18.1 Å². The lowest BCUT2D eigenvalue weighted by atomic mass is 9.86. The number of sulfonamides is 1. The highest BCUT2D eigenvalue weighted by molar-refractivity contribution is 7.92. The first kappa shape index (κ1) is 32.0. The number of hydrogen-bond donors (Lipinski definition) is 2. The number of carbonyl (C=O) groups excluding carboxylic acids is 1. The van der Waals surface area contributed by atoms with Crippen LogP contribution in [0.25, 0.3) is 17.1 Å². The predicted molar refractivity (Wildman–Crippen MR) is 163 cm³/mol. The Labute approximate surface area is 258 Å². The first-order chi connectivity index (χ1) is 20.9. The summed E-state index contributed by atoms with van der Waals surface area (Å²) in [5.74, 6) is 0.00163. The largest absolute Gasteiger partial charge is 0.492 e. The minimum atomic E-state index is -4.44. The van der Waals surface area contributed by atoms with Crippen molar-refractivity contribution in [2.75, 3.05) is 23.4 Å². The second-order valence-corrected chi connectivity index (χ2v) is 14.0. The van der Waals surface area contributed by atoms with Gasteiger partial charge in [0.2, 0.25) is 10.0 Å². The van der Waals surface area contributed by atoms with Gasteiger partial charge in [0.15, 0.2) is 5.75 Å². The average molecular weight is 646 g/mol. The molecule has 4 aromatic rings. The molecule has 2 aromatic carbocycles.